The highest BCUT2D eigenvalue weighted by Crippen LogP contribution is 2.48. The van der Waals surface area contributed by atoms with Crippen molar-refractivity contribution in [2.24, 2.45) is 0 Å². The fraction of sp³-hybridized carbons (Fsp3) is 0.0606. The minimum absolute atomic E-state index is 0.224. The Morgan fingerprint density at radius 3 is 1.95 bits per heavy atom. The van der Waals surface area contributed by atoms with E-state index in [0.29, 0.717) is 22.5 Å². The van der Waals surface area contributed by atoms with Gasteiger partial charge in [0, 0.05) is 38.7 Å². The molecule has 182 valence electrons. The van der Waals surface area contributed by atoms with E-state index in [1.165, 1.54) is 16.8 Å². The van der Waals surface area contributed by atoms with Gasteiger partial charge in [-0.1, -0.05) is 109 Å². The number of anilines is 2. The molecule has 0 radical (unpaired) electrons. The minimum Gasteiger partial charge on any atom is -0.333 e. The molecule has 7 rings (SSSR count). The van der Waals surface area contributed by atoms with Gasteiger partial charge in [0.15, 0.2) is 17.5 Å². The molecular formula is C33H23ClN4. The molecule has 0 bridgehead atoms. The molecule has 4 aromatic carbocycles. The SMILES string of the molecule is Clc1cc(-c2nc(-c3ccccc3)nc(-c3ccccc3)n2)cc(N2c3ccccc3C3=CC=CCC32)c1. The van der Waals surface area contributed by atoms with E-state index in [9.17, 15) is 0 Å². The summed E-state index contributed by atoms with van der Waals surface area (Å²) in [4.78, 5) is 17.0. The number of benzene rings is 4. The van der Waals surface area contributed by atoms with E-state index in [0.717, 1.165) is 28.8 Å². The van der Waals surface area contributed by atoms with Crippen molar-refractivity contribution in [1.82, 2.24) is 15.0 Å². The summed E-state index contributed by atoms with van der Waals surface area (Å²) >= 11 is 6.77. The summed E-state index contributed by atoms with van der Waals surface area (Å²) < 4.78 is 0. The molecule has 1 unspecified atom stereocenters. The predicted octanol–water partition coefficient (Wildman–Crippen LogP) is 8.39. The number of halogens is 1. The van der Waals surface area contributed by atoms with Crippen LogP contribution < -0.4 is 4.90 Å². The van der Waals surface area contributed by atoms with Crippen LogP contribution in [0.1, 0.15) is 12.0 Å². The lowest BCUT2D eigenvalue weighted by Crippen LogP contribution is -2.27. The van der Waals surface area contributed by atoms with Crippen molar-refractivity contribution in [3.8, 4) is 34.2 Å². The van der Waals surface area contributed by atoms with Crippen molar-refractivity contribution in [3.63, 3.8) is 0 Å². The summed E-state index contributed by atoms with van der Waals surface area (Å²) in [7, 11) is 0. The summed E-state index contributed by atoms with van der Waals surface area (Å²) in [6.45, 7) is 0. The highest BCUT2D eigenvalue weighted by atomic mass is 35.5. The molecule has 1 aromatic heterocycles. The molecule has 0 saturated carbocycles. The van der Waals surface area contributed by atoms with E-state index in [1.54, 1.807) is 0 Å². The van der Waals surface area contributed by atoms with Crippen molar-refractivity contribution < 1.29 is 0 Å². The van der Waals surface area contributed by atoms with Crippen LogP contribution in [0.3, 0.4) is 0 Å². The number of para-hydroxylation sites is 1. The molecule has 0 fully saturated rings. The lowest BCUT2D eigenvalue weighted by Gasteiger charge is -2.29. The molecule has 0 spiro atoms. The van der Waals surface area contributed by atoms with Crippen LogP contribution in [0.5, 0.6) is 0 Å². The van der Waals surface area contributed by atoms with Gasteiger partial charge in [-0.25, -0.2) is 15.0 Å². The first kappa shape index (κ1) is 22.6. The Kier molecular flexibility index (Phi) is 5.60. The normalized spacial score (nSPS) is 15.7. The monoisotopic (exact) mass is 510 g/mol. The lowest BCUT2D eigenvalue weighted by atomic mass is 9.96. The number of hydrogen-bond donors (Lipinski definition) is 0. The molecular weight excluding hydrogens is 488 g/mol. The molecule has 2 heterocycles. The van der Waals surface area contributed by atoms with Crippen molar-refractivity contribution in [1.29, 1.82) is 0 Å². The van der Waals surface area contributed by atoms with Gasteiger partial charge >= 0.3 is 0 Å². The van der Waals surface area contributed by atoms with E-state index < -0.39 is 0 Å². The van der Waals surface area contributed by atoms with Crippen LogP contribution in [0.2, 0.25) is 5.02 Å². The van der Waals surface area contributed by atoms with Gasteiger partial charge in [0.2, 0.25) is 0 Å². The second kappa shape index (κ2) is 9.40. The third kappa shape index (κ3) is 4.00. The van der Waals surface area contributed by atoms with Crippen molar-refractivity contribution >= 4 is 28.5 Å². The topological polar surface area (TPSA) is 41.9 Å². The Balaban J connectivity index is 1.39. The fourth-order valence-electron chi connectivity index (χ4n) is 5.33. The Labute approximate surface area is 226 Å². The van der Waals surface area contributed by atoms with Gasteiger partial charge < -0.3 is 4.90 Å². The van der Waals surface area contributed by atoms with Gasteiger partial charge in [-0.3, -0.25) is 0 Å². The maximum Gasteiger partial charge on any atom is 0.164 e. The number of rotatable bonds is 4. The molecule has 4 nitrogen and oxygen atoms in total. The lowest BCUT2D eigenvalue weighted by molar-refractivity contribution is 0.829. The third-order valence-electron chi connectivity index (χ3n) is 7.03. The summed E-state index contributed by atoms with van der Waals surface area (Å²) in [5, 5.41) is 0.640. The number of allylic oxidation sites excluding steroid dienone is 2. The molecule has 1 atom stereocenters. The smallest absolute Gasteiger partial charge is 0.164 e. The maximum absolute atomic E-state index is 6.77. The summed E-state index contributed by atoms with van der Waals surface area (Å²) in [6.07, 6.45) is 7.53. The first-order chi connectivity index (χ1) is 18.7. The molecule has 1 aliphatic heterocycles. The van der Waals surface area contributed by atoms with E-state index in [-0.39, 0.29) is 6.04 Å². The van der Waals surface area contributed by atoms with Gasteiger partial charge in [-0.15, -0.1) is 0 Å². The van der Waals surface area contributed by atoms with Crippen LogP contribution in [0.25, 0.3) is 39.7 Å². The Hall–Kier alpha value is -4.54. The van der Waals surface area contributed by atoms with Crippen LogP contribution >= 0.6 is 11.6 Å². The Morgan fingerprint density at radius 1 is 0.658 bits per heavy atom. The van der Waals surface area contributed by atoms with Crippen LogP contribution in [0, 0.1) is 0 Å². The Morgan fingerprint density at radius 2 is 1.26 bits per heavy atom. The van der Waals surface area contributed by atoms with Crippen LogP contribution in [-0.4, -0.2) is 21.0 Å². The van der Waals surface area contributed by atoms with E-state index >= 15 is 0 Å². The minimum atomic E-state index is 0.224. The maximum atomic E-state index is 6.77. The van der Waals surface area contributed by atoms with Gasteiger partial charge in [-0.2, -0.15) is 0 Å². The van der Waals surface area contributed by atoms with Gasteiger partial charge in [-0.05, 0) is 36.3 Å². The summed E-state index contributed by atoms with van der Waals surface area (Å²) in [6, 6.07) is 34.9. The number of nitrogens with zero attached hydrogens (tertiary/aromatic N) is 4. The van der Waals surface area contributed by atoms with Gasteiger partial charge in [0.25, 0.3) is 0 Å². The quantitative estimate of drug-likeness (QED) is 0.243. The van der Waals surface area contributed by atoms with Crippen LogP contribution in [0.4, 0.5) is 11.4 Å². The Bertz CT molecular complexity index is 1650. The molecule has 1 aliphatic carbocycles. The van der Waals surface area contributed by atoms with Crippen molar-refractivity contribution in [2.45, 2.75) is 12.5 Å². The van der Waals surface area contributed by atoms with Crippen molar-refractivity contribution in [2.75, 3.05) is 4.90 Å². The highest BCUT2D eigenvalue weighted by molar-refractivity contribution is 6.31. The van der Waals surface area contributed by atoms with Crippen LogP contribution in [0.15, 0.2) is 121 Å². The third-order valence-corrected chi connectivity index (χ3v) is 7.25. The molecule has 5 heteroatoms. The zero-order valence-corrected chi connectivity index (χ0v) is 21.3. The molecule has 0 amide bonds. The number of hydrogen-bond acceptors (Lipinski definition) is 4. The first-order valence-electron chi connectivity index (χ1n) is 12.7. The fourth-order valence-corrected chi connectivity index (χ4v) is 5.56. The second-order valence-corrected chi connectivity index (χ2v) is 9.86. The van der Waals surface area contributed by atoms with Gasteiger partial charge in [0.05, 0.1) is 6.04 Å². The number of fused-ring (bicyclic) bond motifs is 3. The average Bonchev–Trinajstić information content (AvgIpc) is 3.32. The number of aromatic nitrogens is 3. The first-order valence-corrected chi connectivity index (χ1v) is 13.1. The van der Waals surface area contributed by atoms with E-state index in [4.69, 9.17) is 26.6 Å². The molecule has 0 saturated heterocycles. The zero-order chi connectivity index (χ0) is 25.5. The average molecular weight is 511 g/mol. The molecule has 2 aliphatic rings. The van der Waals surface area contributed by atoms with E-state index in [2.05, 4.69) is 53.5 Å². The summed E-state index contributed by atoms with van der Waals surface area (Å²) in [5.41, 5.74) is 7.53. The summed E-state index contributed by atoms with van der Waals surface area (Å²) in [5.74, 6) is 1.85. The predicted molar refractivity (Wildman–Crippen MR) is 155 cm³/mol. The van der Waals surface area contributed by atoms with Crippen molar-refractivity contribution in [3.05, 3.63) is 132 Å². The second-order valence-electron chi connectivity index (χ2n) is 9.43. The molecule has 5 aromatic rings. The highest BCUT2D eigenvalue weighted by Gasteiger charge is 2.35. The largest absolute Gasteiger partial charge is 0.333 e. The molecule has 38 heavy (non-hydrogen) atoms. The van der Waals surface area contributed by atoms with Crippen LogP contribution in [-0.2, 0) is 0 Å². The van der Waals surface area contributed by atoms with E-state index in [1.807, 2.05) is 72.8 Å². The van der Waals surface area contributed by atoms with Gasteiger partial charge in [0.1, 0.15) is 0 Å². The standard InChI is InChI=1S/C33H23ClN4/c34-25-19-24(20-26(21-25)38-29-17-9-7-15-27(29)28-16-8-10-18-30(28)38)33-36-31(22-11-3-1-4-12-22)35-32(37-33)23-13-5-2-6-14-23/h1-17,19-21,30H,18H2. The zero-order valence-electron chi connectivity index (χ0n) is 20.5. The molecule has 0 N–H and O–H groups in total.